The maximum absolute atomic E-state index is 5.98. The third-order valence-corrected chi connectivity index (χ3v) is 3.72. The van der Waals surface area contributed by atoms with Gasteiger partial charge in [0, 0.05) is 33.9 Å². The molecule has 1 aromatic heterocycles. The first-order valence-corrected chi connectivity index (χ1v) is 7.68. The van der Waals surface area contributed by atoms with E-state index in [0.717, 1.165) is 28.0 Å². The van der Waals surface area contributed by atoms with Gasteiger partial charge in [0.05, 0.1) is 0 Å². The molecule has 0 amide bonds. The van der Waals surface area contributed by atoms with E-state index in [1.807, 2.05) is 31.3 Å². The maximum Gasteiger partial charge on any atom is 0.162 e. The highest BCUT2D eigenvalue weighted by Crippen LogP contribution is 2.29. The van der Waals surface area contributed by atoms with Crippen molar-refractivity contribution in [2.75, 3.05) is 12.4 Å². The van der Waals surface area contributed by atoms with Crippen molar-refractivity contribution in [3.8, 4) is 11.4 Å². The summed E-state index contributed by atoms with van der Waals surface area (Å²) in [6, 6.07) is 7.63. The summed E-state index contributed by atoms with van der Waals surface area (Å²) in [4.78, 5) is 9.18. The zero-order valence-corrected chi connectivity index (χ0v) is 14.1. The molecule has 0 aliphatic carbocycles. The van der Waals surface area contributed by atoms with Gasteiger partial charge in [-0.25, -0.2) is 9.97 Å². The van der Waals surface area contributed by atoms with Crippen LogP contribution in [-0.4, -0.2) is 17.0 Å². The Labute approximate surface area is 132 Å². The molecule has 1 aromatic carbocycles. The molecule has 5 heteroatoms. The molecular formula is C15H17BrClN3. The zero-order valence-electron chi connectivity index (χ0n) is 11.7. The SMILES string of the molecule is CNc1cc(CC(C)C)nc(-c2ccc(Cl)cc2Br)n1. The van der Waals surface area contributed by atoms with Crippen LogP contribution in [0.5, 0.6) is 0 Å². The van der Waals surface area contributed by atoms with Crippen LogP contribution in [0.15, 0.2) is 28.7 Å². The van der Waals surface area contributed by atoms with Crippen LogP contribution < -0.4 is 5.32 Å². The lowest BCUT2D eigenvalue weighted by Gasteiger charge is -2.10. The van der Waals surface area contributed by atoms with Gasteiger partial charge >= 0.3 is 0 Å². The average molecular weight is 355 g/mol. The van der Waals surface area contributed by atoms with Crippen LogP contribution in [0.3, 0.4) is 0 Å². The van der Waals surface area contributed by atoms with Crippen LogP contribution in [0.1, 0.15) is 19.5 Å². The molecule has 1 heterocycles. The molecule has 20 heavy (non-hydrogen) atoms. The van der Waals surface area contributed by atoms with Crippen LogP contribution in [0.2, 0.25) is 5.02 Å². The van der Waals surface area contributed by atoms with Crippen molar-refractivity contribution < 1.29 is 0 Å². The summed E-state index contributed by atoms with van der Waals surface area (Å²) in [5.74, 6) is 2.08. The van der Waals surface area contributed by atoms with Gasteiger partial charge in [0.2, 0.25) is 0 Å². The van der Waals surface area contributed by atoms with Gasteiger partial charge in [-0.1, -0.05) is 25.4 Å². The Morgan fingerprint density at radius 3 is 2.60 bits per heavy atom. The highest BCUT2D eigenvalue weighted by Gasteiger charge is 2.11. The van der Waals surface area contributed by atoms with E-state index < -0.39 is 0 Å². The summed E-state index contributed by atoms with van der Waals surface area (Å²) in [6.45, 7) is 4.36. The molecule has 0 fully saturated rings. The number of hydrogen-bond acceptors (Lipinski definition) is 3. The molecule has 0 radical (unpaired) electrons. The van der Waals surface area contributed by atoms with Crippen molar-refractivity contribution in [1.29, 1.82) is 0 Å². The van der Waals surface area contributed by atoms with Gasteiger partial charge in [0.25, 0.3) is 0 Å². The number of aromatic nitrogens is 2. The predicted octanol–water partition coefficient (Wildman–Crippen LogP) is 4.80. The fourth-order valence-electron chi connectivity index (χ4n) is 1.94. The number of nitrogens with one attached hydrogen (secondary N) is 1. The van der Waals surface area contributed by atoms with Gasteiger partial charge in [-0.15, -0.1) is 0 Å². The van der Waals surface area contributed by atoms with Gasteiger partial charge in [-0.3, -0.25) is 0 Å². The third kappa shape index (κ3) is 3.70. The van der Waals surface area contributed by atoms with Crippen LogP contribution >= 0.6 is 27.5 Å². The Balaban J connectivity index is 2.49. The fraction of sp³-hybridized carbons (Fsp3) is 0.333. The molecule has 2 aromatic rings. The van der Waals surface area contributed by atoms with Crippen molar-refractivity contribution in [3.63, 3.8) is 0 Å². The number of rotatable bonds is 4. The Kier molecular flexibility index (Phi) is 5.00. The van der Waals surface area contributed by atoms with Gasteiger partial charge < -0.3 is 5.32 Å². The molecule has 1 N–H and O–H groups in total. The van der Waals surface area contributed by atoms with E-state index in [0.29, 0.717) is 16.8 Å². The van der Waals surface area contributed by atoms with Gasteiger partial charge in [-0.2, -0.15) is 0 Å². The van der Waals surface area contributed by atoms with E-state index in [4.69, 9.17) is 11.6 Å². The van der Waals surface area contributed by atoms with E-state index in [1.54, 1.807) is 0 Å². The van der Waals surface area contributed by atoms with Gasteiger partial charge in [0.1, 0.15) is 5.82 Å². The average Bonchev–Trinajstić information content (AvgIpc) is 2.37. The second-order valence-corrected chi connectivity index (χ2v) is 6.33. The molecule has 0 unspecified atom stereocenters. The minimum absolute atomic E-state index is 0.552. The molecule has 0 spiro atoms. The summed E-state index contributed by atoms with van der Waals surface area (Å²) in [6.07, 6.45) is 0.926. The summed E-state index contributed by atoms with van der Waals surface area (Å²) in [7, 11) is 1.86. The number of hydrogen-bond donors (Lipinski definition) is 1. The fourth-order valence-corrected chi connectivity index (χ4v) is 2.80. The Morgan fingerprint density at radius 2 is 2.00 bits per heavy atom. The minimum Gasteiger partial charge on any atom is -0.373 e. The van der Waals surface area contributed by atoms with Crippen LogP contribution in [-0.2, 0) is 6.42 Å². The lowest BCUT2D eigenvalue weighted by atomic mass is 10.1. The first-order valence-electron chi connectivity index (χ1n) is 6.50. The molecule has 0 aliphatic rings. The third-order valence-electron chi connectivity index (χ3n) is 2.82. The Bertz CT molecular complexity index is 614. The second kappa shape index (κ2) is 6.55. The summed E-state index contributed by atoms with van der Waals surface area (Å²) >= 11 is 9.50. The standard InChI is InChI=1S/C15H17BrClN3/c1-9(2)6-11-8-14(18-3)20-15(19-11)12-5-4-10(17)7-13(12)16/h4-5,7-9H,6H2,1-3H3,(H,18,19,20). The summed E-state index contributed by atoms with van der Waals surface area (Å²) in [5.41, 5.74) is 1.98. The van der Waals surface area contributed by atoms with E-state index >= 15 is 0 Å². The van der Waals surface area contributed by atoms with E-state index in [-0.39, 0.29) is 0 Å². The molecule has 0 saturated heterocycles. The smallest absolute Gasteiger partial charge is 0.162 e. The van der Waals surface area contributed by atoms with Crippen molar-refractivity contribution in [2.45, 2.75) is 20.3 Å². The van der Waals surface area contributed by atoms with Crippen LogP contribution in [0.4, 0.5) is 5.82 Å². The summed E-state index contributed by atoms with van der Waals surface area (Å²) < 4.78 is 0.897. The number of benzene rings is 1. The maximum atomic E-state index is 5.98. The molecular weight excluding hydrogens is 338 g/mol. The molecule has 2 rings (SSSR count). The normalized spacial score (nSPS) is 10.9. The van der Waals surface area contributed by atoms with E-state index in [2.05, 4.69) is 45.1 Å². The van der Waals surface area contributed by atoms with Crippen LogP contribution in [0, 0.1) is 5.92 Å². The molecule has 106 valence electrons. The van der Waals surface area contributed by atoms with E-state index in [9.17, 15) is 0 Å². The lowest BCUT2D eigenvalue weighted by molar-refractivity contribution is 0.635. The Morgan fingerprint density at radius 1 is 1.25 bits per heavy atom. The highest BCUT2D eigenvalue weighted by atomic mass is 79.9. The van der Waals surface area contributed by atoms with Gasteiger partial charge in [0.15, 0.2) is 5.82 Å². The molecule has 0 atom stereocenters. The van der Waals surface area contributed by atoms with Crippen LogP contribution in [0.25, 0.3) is 11.4 Å². The predicted molar refractivity (Wildman–Crippen MR) is 88.3 cm³/mol. The Hall–Kier alpha value is -1.13. The number of nitrogens with zero attached hydrogens (tertiary/aromatic N) is 2. The molecule has 3 nitrogen and oxygen atoms in total. The zero-order chi connectivity index (χ0) is 14.7. The largest absolute Gasteiger partial charge is 0.373 e. The summed E-state index contributed by atoms with van der Waals surface area (Å²) in [5, 5.41) is 3.78. The first-order chi connectivity index (χ1) is 9.49. The lowest BCUT2D eigenvalue weighted by Crippen LogP contribution is -2.04. The number of anilines is 1. The van der Waals surface area contributed by atoms with Crippen molar-refractivity contribution >= 4 is 33.3 Å². The molecule has 0 bridgehead atoms. The first kappa shape index (κ1) is 15.3. The highest BCUT2D eigenvalue weighted by molar-refractivity contribution is 9.10. The molecule has 0 saturated carbocycles. The second-order valence-electron chi connectivity index (χ2n) is 5.04. The van der Waals surface area contributed by atoms with Crippen molar-refractivity contribution in [1.82, 2.24) is 9.97 Å². The number of halogens is 2. The minimum atomic E-state index is 0.552. The monoisotopic (exact) mass is 353 g/mol. The van der Waals surface area contributed by atoms with Crippen molar-refractivity contribution in [3.05, 3.63) is 39.5 Å². The topological polar surface area (TPSA) is 37.8 Å². The quantitative estimate of drug-likeness (QED) is 0.857. The van der Waals surface area contributed by atoms with Gasteiger partial charge in [-0.05, 0) is 46.5 Å². The van der Waals surface area contributed by atoms with E-state index in [1.165, 1.54) is 0 Å². The molecule has 0 aliphatic heterocycles. The van der Waals surface area contributed by atoms with Crippen molar-refractivity contribution in [2.24, 2.45) is 5.92 Å².